The van der Waals surface area contributed by atoms with Gasteiger partial charge in [0.05, 0.1) is 6.42 Å². The van der Waals surface area contributed by atoms with Gasteiger partial charge in [-0.15, -0.1) is 0 Å². The molecule has 3 unspecified atom stereocenters. The van der Waals surface area contributed by atoms with Crippen molar-refractivity contribution < 1.29 is 24.2 Å². The van der Waals surface area contributed by atoms with Crippen molar-refractivity contribution in [2.45, 2.75) is 31.7 Å². The van der Waals surface area contributed by atoms with Gasteiger partial charge in [-0.3, -0.25) is 9.59 Å². The molecule has 35 heavy (non-hydrogen) atoms. The Hall–Kier alpha value is -3.00. The van der Waals surface area contributed by atoms with Crippen LogP contribution < -0.4 is 5.32 Å². The number of carboxylic acid groups (broad SMARTS) is 1. The van der Waals surface area contributed by atoms with Crippen LogP contribution in [0.3, 0.4) is 0 Å². The van der Waals surface area contributed by atoms with Crippen molar-refractivity contribution in [3.63, 3.8) is 0 Å². The van der Waals surface area contributed by atoms with E-state index in [1.165, 1.54) is 0 Å². The molecule has 0 spiro atoms. The van der Waals surface area contributed by atoms with Gasteiger partial charge in [0.2, 0.25) is 5.91 Å². The number of fused-ring (bicyclic) bond motifs is 3. The van der Waals surface area contributed by atoms with E-state index >= 15 is 0 Å². The van der Waals surface area contributed by atoms with E-state index in [1.807, 2.05) is 37.4 Å². The fourth-order valence-corrected chi connectivity index (χ4v) is 5.67. The van der Waals surface area contributed by atoms with Gasteiger partial charge in [0.1, 0.15) is 12.6 Å². The van der Waals surface area contributed by atoms with E-state index in [-0.39, 0.29) is 36.7 Å². The number of rotatable bonds is 9. The van der Waals surface area contributed by atoms with Crippen molar-refractivity contribution in [2.75, 3.05) is 31.7 Å². The van der Waals surface area contributed by atoms with Gasteiger partial charge in [0, 0.05) is 19.0 Å². The second-order valence-corrected chi connectivity index (χ2v) is 10.4. The summed E-state index contributed by atoms with van der Waals surface area (Å²) in [5.74, 6) is -0.344. The number of ether oxygens (including phenoxy) is 1. The Labute approximate surface area is 210 Å². The summed E-state index contributed by atoms with van der Waals surface area (Å²) in [6.45, 7) is 3.05. The Bertz CT molecular complexity index is 1050. The van der Waals surface area contributed by atoms with Gasteiger partial charge in [0.25, 0.3) is 0 Å². The van der Waals surface area contributed by atoms with Gasteiger partial charge in [-0.2, -0.15) is 11.8 Å². The summed E-state index contributed by atoms with van der Waals surface area (Å²) in [4.78, 5) is 38.9. The van der Waals surface area contributed by atoms with Crippen LogP contribution in [0.2, 0.25) is 0 Å². The molecular weight excluding hydrogens is 464 g/mol. The van der Waals surface area contributed by atoms with Crippen molar-refractivity contribution in [1.29, 1.82) is 0 Å². The average Bonchev–Trinajstić information content (AvgIpc) is 3.37. The number of carbonyl (C=O) groups is 3. The molecule has 1 fully saturated rings. The standard InChI is InChI=1S/C27H32N2O5S/c1-17-14-29(15-18(17)13-25(30)31)26(32)24(11-12-35-2)28-27(33)34-16-23-21-9-5-3-7-19(21)20-8-4-6-10-22(20)23/h3-10,17-18,23-24H,11-16H2,1-2H3,(H,28,33)(H,30,31). The average molecular weight is 497 g/mol. The van der Waals surface area contributed by atoms with Crippen molar-refractivity contribution in [2.24, 2.45) is 11.8 Å². The number of alkyl carbamates (subject to hydrolysis) is 1. The van der Waals surface area contributed by atoms with Crippen LogP contribution in [-0.4, -0.2) is 65.7 Å². The second kappa shape index (κ2) is 11.2. The lowest BCUT2D eigenvalue weighted by Gasteiger charge is -2.24. The van der Waals surface area contributed by atoms with Crippen LogP contribution in [0.1, 0.15) is 36.8 Å². The Morgan fingerprint density at radius 3 is 2.31 bits per heavy atom. The summed E-state index contributed by atoms with van der Waals surface area (Å²) in [5.41, 5.74) is 4.58. The summed E-state index contributed by atoms with van der Waals surface area (Å²) in [5, 5.41) is 11.9. The zero-order chi connectivity index (χ0) is 24.9. The van der Waals surface area contributed by atoms with E-state index in [9.17, 15) is 14.4 Å². The molecule has 2 aliphatic rings. The fourth-order valence-electron chi connectivity index (χ4n) is 5.20. The first-order valence-electron chi connectivity index (χ1n) is 12.0. The molecule has 186 valence electrons. The first-order valence-corrected chi connectivity index (χ1v) is 13.4. The topological polar surface area (TPSA) is 95.9 Å². The molecule has 1 aliphatic carbocycles. The third-order valence-corrected chi connectivity index (χ3v) is 7.70. The van der Waals surface area contributed by atoms with Gasteiger partial charge in [0.15, 0.2) is 0 Å². The highest BCUT2D eigenvalue weighted by atomic mass is 32.2. The van der Waals surface area contributed by atoms with Crippen LogP contribution >= 0.6 is 11.8 Å². The lowest BCUT2D eigenvalue weighted by atomic mass is 9.95. The van der Waals surface area contributed by atoms with E-state index in [0.29, 0.717) is 25.3 Å². The number of aliphatic carboxylic acids is 1. The number of hydrogen-bond donors (Lipinski definition) is 2. The molecule has 1 heterocycles. The molecule has 0 aromatic heterocycles. The number of carbonyl (C=O) groups excluding carboxylic acids is 2. The first kappa shape index (κ1) is 25.1. The number of amides is 2. The molecule has 2 aromatic carbocycles. The number of carboxylic acids is 1. The van der Waals surface area contributed by atoms with Gasteiger partial charge in [-0.1, -0.05) is 55.5 Å². The smallest absolute Gasteiger partial charge is 0.407 e. The van der Waals surface area contributed by atoms with Crippen LogP contribution in [0.25, 0.3) is 11.1 Å². The number of likely N-dealkylation sites (tertiary alicyclic amines) is 1. The van der Waals surface area contributed by atoms with Gasteiger partial charge < -0.3 is 20.1 Å². The van der Waals surface area contributed by atoms with Gasteiger partial charge in [-0.05, 0) is 52.5 Å². The van der Waals surface area contributed by atoms with Crippen LogP contribution in [0.4, 0.5) is 4.79 Å². The molecule has 1 aliphatic heterocycles. The largest absolute Gasteiger partial charge is 0.481 e. The molecule has 0 bridgehead atoms. The molecule has 2 N–H and O–H groups in total. The van der Waals surface area contributed by atoms with E-state index in [4.69, 9.17) is 9.84 Å². The number of benzene rings is 2. The van der Waals surface area contributed by atoms with E-state index in [2.05, 4.69) is 29.6 Å². The molecule has 4 rings (SSSR count). The maximum absolute atomic E-state index is 13.3. The molecule has 2 amide bonds. The third kappa shape index (κ3) is 5.64. The Morgan fingerprint density at radius 1 is 1.09 bits per heavy atom. The van der Waals surface area contributed by atoms with Crippen molar-refractivity contribution in [3.05, 3.63) is 59.7 Å². The highest BCUT2D eigenvalue weighted by Gasteiger charge is 2.37. The molecule has 0 saturated carbocycles. The molecule has 0 radical (unpaired) electrons. The molecule has 7 nitrogen and oxygen atoms in total. The van der Waals surface area contributed by atoms with Crippen molar-refractivity contribution >= 4 is 29.7 Å². The monoisotopic (exact) mass is 496 g/mol. The van der Waals surface area contributed by atoms with Gasteiger partial charge in [-0.25, -0.2) is 4.79 Å². The highest BCUT2D eigenvalue weighted by molar-refractivity contribution is 7.98. The van der Waals surface area contributed by atoms with E-state index in [0.717, 1.165) is 22.3 Å². The maximum Gasteiger partial charge on any atom is 0.407 e. The maximum atomic E-state index is 13.3. The Morgan fingerprint density at radius 2 is 1.71 bits per heavy atom. The first-order chi connectivity index (χ1) is 16.9. The van der Waals surface area contributed by atoms with E-state index in [1.54, 1.807) is 16.7 Å². The summed E-state index contributed by atoms with van der Waals surface area (Å²) < 4.78 is 5.65. The summed E-state index contributed by atoms with van der Waals surface area (Å²) in [6, 6.07) is 15.6. The van der Waals surface area contributed by atoms with Crippen LogP contribution in [0.5, 0.6) is 0 Å². The summed E-state index contributed by atoms with van der Waals surface area (Å²) in [7, 11) is 0. The molecule has 2 aromatic rings. The van der Waals surface area contributed by atoms with Gasteiger partial charge >= 0.3 is 12.1 Å². The lowest BCUT2D eigenvalue weighted by Crippen LogP contribution is -2.48. The van der Waals surface area contributed by atoms with Crippen LogP contribution in [-0.2, 0) is 14.3 Å². The lowest BCUT2D eigenvalue weighted by molar-refractivity contribution is -0.138. The number of hydrogen-bond acceptors (Lipinski definition) is 5. The van der Waals surface area contributed by atoms with Crippen molar-refractivity contribution in [1.82, 2.24) is 10.2 Å². The molecule has 8 heteroatoms. The normalized spacial score (nSPS) is 19.7. The summed E-state index contributed by atoms with van der Waals surface area (Å²) >= 11 is 1.60. The number of nitrogens with one attached hydrogen (secondary N) is 1. The zero-order valence-electron chi connectivity index (χ0n) is 20.1. The second-order valence-electron chi connectivity index (χ2n) is 9.38. The quantitative estimate of drug-likeness (QED) is 0.540. The predicted molar refractivity (Wildman–Crippen MR) is 136 cm³/mol. The predicted octanol–water partition coefficient (Wildman–Crippen LogP) is 4.22. The molecular formula is C27H32N2O5S. The molecule has 1 saturated heterocycles. The minimum Gasteiger partial charge on any atom is -0.481 e. The van der Waals surface area contributed by atoms with Crippen LogP contribution in [0, 0.1) is 11.8 Å². The minimum atomic E-state index is -0.855. The zero-order valence-corrected chi connectivity index (χ0v) is 20.9. The Balaban J connectivity index is 1.40. The number of thioether (sulfide) groups is 1. The molecule has 3 atom stereocenters. The Kier molecular flexibility index (Phi) is 8.00. The fraction of sp³-hybridized carbons (Fsp3) is 0.444. The SMILES string of the molecule is CSCCC(NC(=O)OCC1c2ccccc2-c2ccccc21)C(=O)N1CC(C)C(CC(=O)O)C1. The minimum absolute atomic E-state index is 0.0419. The summed E-state index contributed by atoms with van der Waals surface area (Å²) in [6.07, 6.45) is 1.87. The van der Waals surface area contributed by atoms with Crippen molar-refractivity contribution in [3.8, 4) is 11.1 Å². The highest BCUT2D eigenvalue weighted by Crippen LogP contribution is 2.44. The number of nitrogens with zero attached hydrogens (tertiary/aromatic N) is 1. The third-order valence-electron chi connectivity index (χ3n) is 7.06. The van der Waals surface area contributed by atoms with E-state index < -0.39 is 18.1 Å². The van der Waals surface area contributed by atoms with Crippen LogP contribution in [0.15, 0.2) is 48.5 Å².